The zero-order valence-electron chi connectivity index (χ0n) is 12.5. The summed E-state index contributed by atoms with van der Waals surface area (Å²) in [6, 6.07) is 19.3. The van der Waals surface area contributed by atoms with Gasteiger partial charge in [-0.2, -0.15) is 0 Å². The SMILES string of the molecule is CCC(c1ccccc1)C(Cl)c1ccc(C(C)C)cc1. The summed E-state index contributed by atoms with van der Waals surface area (Å²) in [6.07, 6.45) is 1.05. The maximum absolute atomic E-state index is 6.74. The van der Waals surface area contributed by atoms with Crippen LogP contribution in [0.15, 0.2) is 54.6 Å². The second-order valence-electron chi connectivity index (χ2n) is 5.65. The summed E-state index contributed by atoms with van der Waals surface area (Å²) in [6.45, 7) is 6.63. The van der Waals surface area contributed by atoms with Crippen LogP contribution in [0.4, 0.5) is 0 Å². The first-order valence-electron chi connectivity index (χ1n) is 7.42. The molecular formula is C19H23Cl. The minimum absolute atomic E-state index is 0.0311. The van der Waals surface area contributed by atoms with Crippen molar-refractivity contribution in [2.45, 2.75) is 44.4 Å². The fraction of sp³-hybridized carbons (Fsp3) is 0.368. The monoisotopic (exact) mass is 286 g/mol. The summed E-state index contributed by atoms with van der Waals surface area (Å²) < 4.78 is 0. The van der Waals surface area contributed by atoms with E-state index in [0.717, 1.165) is 6.42 Å². The summed E-state index contributed by atoms with van der Waals surface area (Å²) in [4.78, 5) is 0. The van der Waals surface area contributed by atoms with Gasteiger partial charge < -0.3 is 0 Å². The highest BCUT2D eigenvalue weighted by molar-refractivity contribution is 6.21. The fourth-order valence-electron chi connectivity index (χ4n) is 2.61. The van der Waals surface area contributed by atoms with Gasteiger partial charge in [0, 0.05) is 5.92 Å². The smallest absolute Gasteiger partial charge is 0.0653 e. The number of alkyl halides is 1. The van der Waals surface area contributed by atoms with Gasteiger partial charge in [0.25, 0.3) is 0 Å². The zero-order chi connectivity index (χ0) is 14.5. The molecule has 0 saturated carbocycles. The number of benzene rings is 2. The molecule has 0 bridgehead atoms. The van der Waals surface area contributed by atoms with Crippen molar-refractivity contribution in [2.75, 3.05) is 0 Å². The number of hydrogen-bond acceptors (Lipinski definition) is 0. The zero-order valence-corrected chi connectivity index (χ0v) is 13.3. The Morgan fingerprint density at radius 1 is 0.800 bits per heavy atom. The van der Waals surface area contributed by atoms with Crippen LogP contribution in [0.2, 0.25) is 0 Å². The molecule has 0 N–H and O–H groups in total. The second-order valence-corrected chi connectivity index (χ2v) is 6.12. The van der Waals surface area contributed by atoms with E-state index in [1.807, 2.05) is 0 Å². The molecule has 0 aliphatic carbocycles. The standard InChI is InChI=1S/C19H23Cl/c1-4-18(16-8-6-5-7-9-16)19(20)17-12-10-15(11-13-17)14(2)3/h5-14,18-19H,4H2,1-3H3. The lowest BCUT2D eigenvalue weighted by atomic mass is 9.88. The van der Waals surface area contributed by atoms with Crippen LogP contribution in [0.1, 0.15) is 61.1 Å². The van der Waals surface area contributed by atoms with E-state index < -0.39 is 0 Å². The minimum atomic E-state index is 0.0311. The van der Waals surface area contributed by atoms with Crippen LogP contribution in [-0.4, -0.2) is 0 Å². The molecule has 106 valence electrons. The molecule has 0 nitrogen and oxygen atoms in total. The third-order valence-electron chi connectivity index (χ3n) is 3.94. The molecular weight excluding hydrogens is 264 g/mol. The third kappa shape index (κ3) is 3.43. The van der Waals surface area contributed by atoms with E-state index in [1.54, 1.807) is 0 Å². The van der Waals surface area contributed by atoms with Crippen LogP contribution < -0.4 is 0 Å². The maximum atomic E-state index is 6.74. The first-order chi connectivity index (χ1) is 9.63. The Labute approximate surface area is 127 Å². The van der Waals surface area contributed by atoms with Gasteiger partial charge in [0.1, 0.15) is 0 Å². The number of rotatable bonds is 5. The predicted molar refractivity (Wildman–Crippen MR) is 88.6 cm³/mol. The normalized spacial score (nSPS) is 14.2. The van der Waals surface area contributed by atoms with Gasteiger partial charge in [-0.05, 0) is 29.0 Å². The molecule has 1 heteroatoms. The molecule has 0 aliphatic heterocycles. The Bertz CT molecular complexity index is 513. The molecule has 0 amide bonds. The van der Waals surface area contributed by atoms with E-state index >= 15 is 0 Å². The third-order valence-corrected chi connectivity index (χ3v) is 4.50. The van der Waals surface area contributed by atoms with Gasteiger partial charge in [0.15, 0.2) is 0 Å². The highest BCUT2D eigenvalue weighted by atomic mass is 35.5. The van der Waals surface area contributed by atoms with Crippen LogP contribution >= 0.6 is 11.6 Å². The first kappa shape index (κ1) is 15.1. The van der Waals surface area contributed by atoms with Gasteiger partial charge in [-0.25, -0.2) is 0 Å². The Kier molecular flexibility index (Phi) is 5.25. The lowest BCUT2D eigenvalue weighted by molar-refractivity contribution is 0.640. The molecule has 2 unspecified atom stereocenters. The van der Waals surface area contributed by atoms with Crippen molar-refractivity contribution in [3.63, 3.8) is 0 Å². The van der Waals surface area contributed by atoms with Crippen LogP contribution in [-0.2, 0) is 0 Å². The van der Waals surface area contributed by atoms with E-state index in [1.165, 1.54) is 16.7 Å². The van der Waals surface area contributed by atoms with Crippen molar-refractivity contribution in [3.05, 3.63) is 71.3 Å². The molecule has 0 radical (unpaired) electrons. The van der Waals surface area contributed by atoms with Crippen molar-refractivity contribution in [1.82, 2.24) is 0 Å². The van der Waals surface area contributed by atoms with E-state index in [-0.39, 0.29) is 5.38 Å². The van der Waals surface area contributed by atoms with Crippen LogP contribution in [0.5, 0.6) is 0 Å². The van der Waals surface area contributed by atoms with E-state index in [4.69, 9.17) is 11.6 Å². The summed E-state index contributed by atoms with van der Waals surface area (Å²) in [5, 5.41) is 0.0311. The van der Waals surface area contributed by atoms with Crippen LogP contribution in [0.25, 0.3) is 0 Å². The average Bonchev–Trinajstić information content (AvgIpc) is 2.49. The van der Waals surface area contributed by atoms with E-state index in [2.05, 4.69) is 75.4 Å². The largest absolute Gasteiger partial charge is 0.117 e. The Hall–Kier alpha value is -1.27. The van der Waals surface area contributed by atoms with E-state index in [9.17, 15) is 0 Å². The molecule has 20 heavy (non-hydrogen) atoms. The molecule has 2 atom stereocenters. The fourth-order valence-corrected chi connectivity index (χ4v) is 3.08. The van der Waals surface area contributed by atoms with Gasteiger partial charge >= 0.3 is 0 Å². The number of hydrogen-bond donors (Lipinski definition) is 0. The van der Waals surface area contributed by atoms with Crippen LogP contribution in [0, 0.1) is 0 Å². The summed E-state index contributed by atoms with van der Waals surface area (Å²) in [5.41, 5.74) is 3.90. The topological polar surface area (TPSA) is 0 Å². The molecule has 0 fully saturated rings. The van der Waals surface area contributed by atoms with Gasteiger partial charge in [0.05, 0.1) is 5.38 Å². The van der Waals surface area contributed by atoms with Gasteiger partial charge in [-0.1, -0.05) is 75.4 Å². The van der Waals surface area contributed by atoms with Crippen molar-refractivity contribution >= 4 is 11.6 Å². The van der Waals surface area contributed by atoms with Gasteiger partial charge in [0.2, 0.25) is 0 Å². The van der Waals surface area contributed by atoms with Gasteiger partial charge in [-0.3, -0.25) is 0 Å². The molecule has 0 aliphatic rings. The molecule has 2 rings (SSSR count). The lowest BCUT2D eigenvalue weighted by Gasteiger charge is -2.22. The molecule has 0 heterocycles. The predicted octanol–water partition coefficient (Wildman–Crippen LogP) is 6.28. The molecule has 0 spiro atoms. The molecule has 2 aromatic carbocycles. The second kappa shape index (κ2) is 6.95. The van der Waals surface area contributed by atoms with Crippen molar-refractivity contribution in [3.8, 4) is 0 Å². The highest BCUT2D eigenvalue weighted by Gasteiger charge is 2.21. The number of halogens is 1. The Balaban J connectivity index is 2.22. The highest BCUT2D eigenvalue weighted by Crippen LogP contribution is 2.38. The lowest BCUT2D eigenvalue weighted by Crippen LogP contribution is -2.05. The Morgan fingerprint density at radius 2 is 1.35 bits per heavy atom. The average molecular weight is 287 g/mol. The molecule has 0 aromatic heterocycles. The quantitative estimate of drug-likeness (QED) is 0.567. The maximum Gasteiger partial charge on any atom is 0.0653 e. The minimum Gasteiger partial charge on any atom is -0.117 e. The van der Waals surface area contributed by atoms with E-state index in [0.29, 0.717) is 11.8 Å². The first-order valence-corrected chi connectivity index (χ1v) is 7.86. The van der Waals surface area contributed by atoms with Crippen LogP contribution in [0.3, 0.4) is 0 Å². The molecule has 2 aromatic rings. The molecule has 0 saturated heterocycles. The Morgan fingerprint density at radius 3 is 1.85 bits per heavy atom. The van der Waals surface area contributed by atoms with Crippen molar-refractivity contribution in [1.29, 1.82) is 0 Å². The van der Waals surface area contributed by atoms with Crippen molar-refractivity contribution in [2.24, 2.45) is 0 Å². The van der Waals surface area contributed by atoms with Crippen molar-refractivity contribution < 1.29 is 0 Å². The summed E-state index contributed by atoms with van der Waals surface area (Å²) in [5.74, 6) is 0.927. The summed E-state index contributed by atoms with van der Waals surface area (Å²) in [7, 11) is 0. The summed E-state index contributed by atoms with van der Waals surface area (Å²) >= 11 is 6.74. The van der Waals surface area contributed by atoms with Gasteiger partial charge in [-0.15, -0.1) is 11.6 Å².